The van der Waals surface area contributed by atoms with E-state index < -0.39 is 0 Å². The summed E-state index contributed by atoms with van der Waals surface area (Å²) >= 11 is 2.93. The van der Waals surface area contributed by atoms with Gasteiger partial charge in [-0.15, -0.1) is 11.3 Å². The molecule has 8 heteroatoms. The van der Waals surface area contributed by atoms with E-state index >= 15 is 0 Å². The lowest BCUT2D eigenvalue weighted by Crippen LogP contribution is -2.09. The molecule has 0 radical (unpaired) electrons. The zero-order valence-corrected chi connectivity index (χ0v) is 16.7. The average molecular weight is 389 g/mol. The second-order valence-electron chi connectivity index (χ2n) is 5.95. The largest absolute Gasteiger partial charge is 0.398 e. The topological polar surface area (TPSA) is 103 Å². The zero-order chi connectivity index (χ0) is 18.9. The maximum Gasteiger partial charge on any atom is 0.116 e. The quantitative estimate of drug-likeness (QED) is 0.775. The molecular weight excluding hydrogens is 364 g/mol. The van der Waals surface area contributed by atoms with Crippen LogP contribution in [0.3, 0.4) is 0 Å². The van der Waals surface area contributed by atoms with Crippen molar-refractivity contribution in [1.82, 2.24) is 15.0 Å². The standard InChI is InChI=1S/C12H14N4.C6H10N2S2/c1-9-3-2-5-14-7-10(12(9)13)11-4-6-15-8-16-11;1-4(2)6-8-3-5(9-6)10-7/h4,6-8H,1-3,5,13H2;3-4H,7H2,1-2H3/b12-10-,14-7?;. The lowest BCUT2D eigenvalue weighted by Gasteiger charge is -2.12. The zero-order valence-electron chi connectivity index (χ0n) is 15.1. The molecule has 3 heterocycles. The molecule has 6 nitrogen and oxygen atoms in total. The molecule has 1 aliphatic heterocycles. The summed E-state index contributed by atoms with van der Waals surface area (Å²) in [4.78, 5) is 16.6. The highest BCUT2D eigenvalue weighted by Gasteiger charge is 2.10. The second-order valence-corrected chi connectivity index (χ2v) is 7.95. The molecule has 0 spiro atoms. The third-order valence-electron chi connectivity index (χ3n) is 3.63. The monoisotopic (exact) mass is 388 g/mol. The highest BCUT2D eigenvalue weighted by atomic mass is 32.2. The van der Waals surface area contributed by atoms with E-state index in [0.29, 0.717) is 11.6 Å². The summed E-state index contributed by atoms with van der Waals surface area (Å²) in [5.74, 6) is 0.519. The Labute approximate surface area is 162 Å². The number of aliphatic imine (C=N–C) groups is 1. The third-order valence-corrected chi connectivity index (χ3v) is 5.60. The third kappa shape index (κ3) is 5.76. The SMILES string of the molecule is C=C1CCCN=C/C(c2ccncn2)=C\1N.CC(C)c1ncc(SN)s1. The minimum atomic E-state index is 0.519. The molecule has 0 saturated heterocycles. The Bertz CT molecular complexity index is 780. The molecule has 0 saturated carbocycles. The van der Waals surface area contributed by atoms with E-state index in [1.807, 2.05) is 12.3 Å². The van der Waals surface area contributed by atoms with E-state index in [2.05, 4.69) is 40.4 Å². The minimum absolute atomic E-state index is 0.519. The number of allylic oxidation sites excluding steroid dienone is 2. The summed E-state index contributed by atoms with van der Waals surface area (Å²) in [6, 6.07) is 1.82. The van der Waals surface area contributed by atoms with Crippen LogP contribution in [-0.4, -0.2) is 27.7 Å². The van der Waals surface area contributed by atoms with Gasteiger partial charge in [-0.3, -0.25) is 10.1 Å². The van der Waals surface area contributed by atoms with Crippen molar-refractivity contribution >= 4 is 35.1 Å². The van der Waals surface area contributed by atoms with Crippen molar-refractivity contribution in [1.29, 1.82) is 0 Å². The highest BCUT2D eigenvalue weighted by Crippen LogP contribution is 2.25. The molecule has 2 aromatic rings. The van der Waals surface area contributed by atoms with Crippen LogP contribution >= 0.6 is 23.3 Å². The van der Waals surface area contributed by atoms with Crippen molar-refractivity contribution in [3.63, 3.8) is 0 Å². The normalized spacial score (nSPS) is 17.5. The van der Waals surface area contributed by atoms with Gasteiger partial charge in [-0.1, -0.05) is 20.4 Å². The van der Waals surface area contributed by atoms with Crippen LogP contribution < -0.4 is 10.9 Å². The fraction of sp³-hybridized carbons (Fsp3) is 0.333. The van der Waals surface area contributed by atoms with Crippen LogP contribution in [0.25, 0.3) is 5.57 Å². The number of aromatic nitrogens is 3. The lowest BCUT2D eigenvalue weighted by molar-refractivity contribution is 0.828. The van der Waals surface area contributed by atoms with Crippen LogP contribution in [0.1, 0.15) is 43.3 Å². The Morgan fingerprint density at radius 3 is 2.69 bits per heavy atom. The van der Waals surface area contributed by atoms with Gasteiger partial charge in [0.25, 0.3) is 0 Å². The molecule has 0 amide bonds. The van der Waals surface area contributed by atoms with E-state index in [1.165, 1.54) is 18.3 Å². The van der Waals surface area contributed by atoms with Crippen LogP contribution in [0.4, 0.5) is 0 Å². The van der Waals surface area contributed by atoms with Crippen molar-refractivity contribution in [2.45, 2.75) is 36.8 Å². The maximum absolute atomic E-state index is 6.05. The number of nitrogens with zero attached hydrogens (tertiary/aromatic N) is 4. The molecule has 0 atom stereocenters. The maximum atomic E-state index is 6.05. The van der Waals surface area contributed by atoms with Gasteiger partial charge in [-0.25, -0.2) is 15.0 Å². The first kappa shape index (κ1) is 20.3. The fourth-order valence-corrected chi connectivity index (χ4v) is 3.40. The van der Waals surface area contributed by atoms with Crippen molar-refractivity contribution in [3.05, 3.63) is 53.3 Å². The van der Waals surface area contributed by atoms with E-state index in [4.69, 9.17) is 10.9 Å². The predicted molar refractivity (Wildman–Crippen MR) is 111 cm³/mol. The molecule has 0 aliphatic carbocycles. The summed E-state index contributed by atoms with van der Waals surface area (Å²) in [5.41, 5.74) is 9.32. The van der Waals surface area contributed by atoms with Crippen LogP contribution in [-0.2, 0) is 0 Å². The lowest BCUT2D eigenvalue weighted by atomic mass is 10.0. The Morgan fingerprint density at radius 2 is 2.12 bits per heavy atom. The Hall–Kier alpha value is -2.03. The number of nitrogens with two attached hydrogens (primary N) is 2. The van der Waals surface area contributed by atoms with Gasteiger partial charge in [-0.05, 0) is 36.4 Å². The van der Waals surface area contributed by atoms with Gasteiger partial charge < -0.3 is 5.73 Å². The summed E-state index contributed by atoms with van der Waals surface area (Å²) < 4.78 is 1.09. The smallest absolute Gasteiger partial charge is 0.116 e. The molecule has 0 unspecified atom stereocenters. The molecule has 0 aromatic carbocycles. The number of thiazole rings is 1. The molecule has 26 heavy (non-hydrogen) atoms. The molecule has 0 fully saturated rings. The molecule has 3 rings (SSSR count). The highest BCUT2D eigenvalue weighted by molar-refractivity contribution is 7.99. The predicted octanol–water partition coefficient (Wildman–Crippen LogP) is 3.80. The van der Waals surface area contributed by atoms with Gasteiger partial charge in [-0.2, -0.15) is 0 Å². The number of rotatable bonds is 3. The molecule has 138 valence electrons. The Kier molecular flexibility index (Phi) is 7.96. The first-order valence-corrected chi connectivity index (χ1v) is 9.99. The van der Waals surface area contributed by atoms with E-state index in [1.54, 1.807) is 23.7 Å². The van der Waals surface area contributed by atoms with E-state index in [9.17, 15) is 0 Å². The molecule has 2 aromatic heterocycles. The number of hydrogen-bond acceptors (Lipinski definition) is 8. The second kappa shape index (κ2) is 10.2. The van der Waals surface area contributed by atoms with Gasteiger partial charge >= 0.3 is 0 Å². The Balaban J connectivity index is 0.000000209. The van der Waals surface area contributed by atoms with Crippen molar-refractivity contribution in [2.24, 2.45) is 15.9 Å². The van der Waals surface area contributed by atoms with Gasteiger partial charge in [0.2, 0.25) is 0 Å². The Morgan fingerprint density at radius 1 is 1.31 bits per heavy atom. The summed E-state index contributed by atoms with van der Waals surface area (Å²) in [6.07, 6.45) is 8.68. The van der Waals surface area contributed by atoms with Crippen LogP contribution in [0.15, 0.2) is 51.8 Å². The first-order chi connectivity index (χ1) is 12.5. The van der Waals surface area contributed by atoms with Crippen molar-refractivity contribution < 1.29 is 0 Å². The van der Waals surface area contributed by atoms with Gasteiger partial charge in [0.05, 0.1) is 21.1 Å². The van der Waals surface area contributed by atoms with Crippen LogP contribution in [0.5, 0.6) is 0 Å². The molecule has 4 N–H and O–H groups in total. The average Bonchev–Trinajstić information content (AvgIpc) is 3.14. The first-order valence-electron chi connectivity index (χ1n) is 8.29. The van der Waals surface area contributed by atoms with Crippen LogP contribution in [0, 0.1) is 0 Å². The molecule has 1 aliphatic rings. The minimum Gasteiger partial charge on any atom is -0.398 e. The summed E-state index contributed by atoms with van der Waals surface area (Å²) in [5, 5.41) is 6.51. The van der Waals surface area contributed by atoms with Crippen LogP contribution in [0.2, 0.25) is 0 Å². The van der Waals surface area contributed by atoms with Crippen molar-refractivity contribution in [3.8, 4) is 0 Å². The fourth-order valence-electron chi connectivity index (χ4n) is 2.18. The van der Waals surface area contributed by atoms with Gasteiger partial charge in [0, 0.05) is 36.1 Å². The number of hydrogen-bond donors (Lipinski definition) is 2. The summed E-state index contributed by atoms with van der Waals surface area (Å²) in [7, 11) is 0. The van der Waals surface area contributed by atoms with Gasteiger partial charge in [0.1, 0.15) is 6.33 Å². The van der Waals surface area contributed by atoms with E-state index in [0.717, 1.165) is 45.4 Å². The van der Waals surface area contributed by atoms with Gasteiger partial charge in [0.15, 0.2) is 0 Å². The van der Waals surface area contributed by atoms with Crippen molar-refractivity contribution in [2.75, 3.05) is 6.54 Å². The summed E-state index contributed by atoms with van der Waals surface area (Å²) in [6.45, 7) is 9.05. The molecular formula is C18H24N6S2. The molecule has 0 bridgehead atoms. The van der Waals surface area contributed by atoms with E-state index in [-0.39, 0.29) is 0 Å².